The summed E-state index contributed by atoms with van der Waals surface area (Å²) in [6, 6.07) is 7.43. The summed E-state index contributed by atoms with van der Waals surface area (Å²) in [4.78, 5) is 20.1. The van der Waals surface area contributed by atoms with Gasteiger partial charge in [-0.15, -0.1) is 5.10 Å². The maximum absolute atomic E-state index is 11.5. The third-order valence-electron chi connectivity index (χ3n) is 3.52. The Morgan fingerprint density at radius 3 is 2.73 bits per heavy atom. The average Bonchev–Trinajstić information content (AvgIpc) is 3.09. The van der Waals surface area contributed by atoms with Crippen molar-refractivity contribution in [1.82, 2.24) is 19.6 Å². The molecule has 0 fully saturated rings. The van der Waals surface area contributed by atoms with Crippen LogP contribution in [-0.4, -0.2) is 52.1 Å². The first-order valence-electron chi connectivity index (χ1n) is 7.89. The number of fused-ring (bicyclic) bond motifs is 1. The number of thioether (sulfide) groups is 1. The summed E-state index contributed by atoms with van der Waals surface area (Å²) in [6.07, 6.45) is 1.66. The number of methoxy groups -OCH3 is 2. The Labute approximate surface area is 154 Å². The molecule has 2 heterocycles. The molecule has 3 aromatic rings. The summed E-state index contributed by atoms with van der Waals surface area (Å²) in [7, 11) is 3.18. The Morgan fingerprint density at radius 1 is 1.19 bits per heavy atom. The molecule has 0 bridgehead atoms. The highest BCUT2D eigenvalue weighted by atomic mass is 32.2. The number of carbonyl (C=O) groups excluding carboxylic acids is 1. The van der Waals surface area contributed by atoms with Gasteiger partial charge in [-0.1, -0.05) is 11.8 Å². The molecule has 136 valence electrons. The smallest absolute Gasteiger partial charge is 0.316 e. The van der Waals surface area contributed by atoms with E-state index in [2.05, 4.69) is 15.1 Å². The van der Waals surface area contributed by atoms with E-state index < -0.39 is 0 Å². The number of carbonyl (C=O) groups is 1. The van der Waals surface area contributed by atoms with E-state index in [0.29, 0.717) is 29.0 Å². The minimum atomic E-state index is -0.301. The summed E-state index contributed by atoms with van der Waals surface area (Å²) in [5.41, 5.74) is 1.67. The lowest BCUT2D eigenvalue weighted by Gasteiger charge is -2.10. The molecule has 0 N–H and O–H groups in total. The van der Waals surface area contributed by atoms with Crippen LogP contribution in [0.1, 0.15) is 6.92 Å². The van der Waals surface area contributed by atoms with Crippen molar-refractivity contribution in [2.45, 2.75) is 12.1 Å². The molecule has 8 nitrogen and oxygen atoms in total. The summed E-state index contributed by atoms with van der Waals surface area (Å²) < 4.78 is 17.2. The molecule has 2 aromatic heterocycles. The number of hydrogen-bond donors (Lipinski definition) is 0. The van der Waals surface area contributed by atoms with Gasteiger partial charge in [0.15, 0.2) is 11.5 Å². The Kier molecular flexibility index (Phi) is 5.57. The van der Waals surface area contributed by atoms with Crippen LogP contribution >= 0.6 is 11.8 Å². The van der Waals surface area contributed by atoms with Crippen LogP contribution in [0.3, 0.4) is 0 Å². The first-order chi connectivity index (χ1) is 12.7. The standard InChI is InChI=1S/C17H18N4O4S/c1-4-25-15(22)10-26-17-19-16-18-8-7-12(21(16)20-17)11-5-6-13(23-2)14(9-11)24-3/h5-9H,4,10H2,1-3H3. The highest BCUT2D eigenvalue weighted by Gasteiger charge is 2.14. The second-order valence-electron chi connectivity index (χ2n) is 5.10. The summed E-state index contributed by atoms with van der Waals surface area (Å²) >= 11 is 1.21. The van der Waals surface area contributed by atoms with Gasteiger partial charge in [0.1, 0.15) is 0 Å². The van der Waals surface area contributed by atoms with E-state index in [1.165, 1.54) is 11.8 Å². The Balaban J connectivity index is 1.93. The molecule has 0 aliphatic rings. The van der Waals surface area contributed by atoms with Gasteiger partial charge in [0, 0.05) is 11.8 Å². The molecule has 1 aromatic carbocycles. The minimum Gasteiger partial charge on any atom is -0.493 e. The zero-order valence-corrected chi connectivity index (χ0v) is 15.4. The largest absolute Gasteiger partial charge is 0.493 e. The highest BCUT2D eigenvalue weighted by molar-refractivity contribution is 7.99. The predicted octanol–water partition coefficient (Wildman–Crippen LogP) is 2.46. The van der Waals surface area contributed by atoms with Crippen molar-refractivity contribution in [2.24, 2.45) is 0 Å². The van der Waals surface area contributed by atoms with Gasteiger partial charge in [0.05, 0.1) is 32.3 Å². The quantitative estimate of drug-likeness (QED) is 0.460. The monoisotopic (exact) mass is 374 g/mol. The van der Waals surface area contributed by atoms with Crippen molar-refractivity contribution in [2.75, 3.05) is 26.6 Å². The fourth-order valence-electron chi connectivity index (χ4n) is 2.38. The molecule has 3 rings (SSSR count). The molecule has 9 heteroatoms. The van der Waals surface area contributed by atoms with Crippen LogP contribution in [0.15, 0.2) is 35.6 Å². The van der Waals surface area contributed by atoms with E-state index in [0.717, 1.165) is 11.3 Å². The van der Waals surface area contributed by atoms with Gasteiger partial charge < -0.3 is 14.2 Å². The lowest BCUT2D eigenvalue weighted by molar-refractivity contribution is -0.139. The molecule has 0 saturated heterocycles. The van der Waals surface area contributed by atoms with Gasteiger partial charge in [0.2, 0.25) is 5.16 Å². The van der Waals surface area contributed by atoms with Crippen molar-refractivity contribution in [1.29, 1.82) is 0 Å². The van der Waals surface area contributed by atoms with Crippen LogP contribution in [-0.2, 0) is 9.53 Å². The van der Waals surface area contributed by atoms with Gasteiger partial charge in [0.25, 0.3) is 5.78 Å². The molecule has 0 saturated carbocycles. The van der Waals surface area contributed by atoms with Crippen molar-refractivity contribution in [3.05, 3.63) is 30.5 Å². The van der Waals surface area contributed by atoms with Gasteiger partial charge >= 0.3 is 5.97 Å². The van der Waals surface area contributed by atoms with E-state index in [1.807, 2.05) is 24.3 Å². The van der Waals surface area contributed by atoms with Crippen LogP contribution in [0.4, 0.5) is 0 Å². The Hall–Kier alpha value is -2.81. The minimum absolute atomic E-state index is 0.149. The van der Waals surface area contributed by atoms with Gasteiger partial charge in [-0.25, -0.2) is 4.98 Å². The van der Waals surface area contributed by atoms with E-state index in [9.17, 15) is 4.79 Å². The number of ether oxygens (including phenoxy) is 3. The number of benzene rings is 1. The molecule has 0 aliphatic carbocycles. The molecular weight excluding hydrogens is 356 g/mol. The van der Waals surface area contributed by atoms with Crippen molar-refractivity contribution >= 4 is 23.5 Å². The van der Waals surface area contributed by atoms with Gasteiger partial charge in [-0.05, 0) is 31.2 Å². The molecular formula is C17H18N4O4S. The number of esters is 1. The maximum atomic E-state index is 11.5. The zero-order chi connectivity index (χ0) is 18.5. The molecule has 0 radical (unpaired) electrons. The summed E-state index contributed by atoms with van der Waals surface area (Å²) in [5, 5.41) is 4.90. The van der Waals surface area contributed by atoms with Crippen LogP contribution in [0, 0.1) is 0 Å². The Morgan fingerprint density at radius 2 is 2.00 bits per heavy atom. The van der Waals surface area contributed by atoms with E-state index in [4.69, 9.17) is 14.2 Å². The van der Waals surface area contributed by atoms with E-state index in [-0.39, 0.29) is 11.7 Å². The van der Waals surface area contributed by atoms with Crippen LogP contribution in [0.5, 0.6) is 11.5 Å². The third-order valence-corrected chi connectivity index (χ3v) is 4.34. The topological polar surface area (TPSA) is 87.8 Å². The van der Waals surface area contributed by atoms with Gasteiger partial charge in [-0.3, -0.25) is 4.79 Å². The fraction of sp³-hybridized carbons (Fsp3) is 0.294. The molecule has 0 amide bonds. The lowest BCUT2D eigenvalue weighted by Crippen LogP contribution is -2.06. The van der Waals surface area contributed by atoms with Crippen molar-refractivity contribution < 1.29 is 19.0 Å². The predicted molar refractivity (Wildman–Crippen MR) is 96.7 cm³/mol. The SMILES string of the molecule is CCOC(=O)CSc1nc2nccc(-c3ccc(OC)c(OC)c3)n2n1. The summed E-state index contributed by atoms with van der Waals surface area (Å²) in [6.45, 7) is 2.12. The molecule has 0 spiro atoms. The molecule has 0 aliphatic heterocycles. The Bertz CT molecular complexity index is 928. The third kappa shape index (κ3) is 3.72. The zero-order valence-electron chi connectivity index (χ0n) is 14.6. The van der Waals surface area contributed by atoms with Crippen LogP contribution in [0.2, 0.25) is 0 Å². The van der Waals surface area contributed by atoms with Crippen molar-refractivity contribution in [3.63, 3.8) is 0 Å². The molecule has 0 atom stereocenters. The normalized spacial score (nSPS) is 10.7. The first kappa shape index (κ1) is 18.0. The van der Waals surface area contributed by atoms with E-state index >= 15 is 0 Å². The maximum Gasteiger partial charge on any atom is 0.316 e. The summed E-state index contributed by atoms with van der Waals surface area (Å²) in [5.74, 6) is 1.56. The number of hydrogen-bond acceptors (Lipinski definition) is 8. The van der Waals surface area contributed by atoms with Crippen LogP contribution in [0.25, 0.3) is 17.0 Å². The second kappa shape index (κ2) is 8.05. The number of aromatic nitrogens is 4. The number of nitrogens with zero attached hydrogens (tertiary/aromatic N) is 4. The van der Waals surface area contributed by atoms with Crippen molar-refractivity contribution in [3.8, 4) is 22.8 Å². The average molecular weight is 374 g/mol. The molecule has 26 heavy (non-hydrogen) atoms. The first-order valence-corrected chi connectivity index (χ1v) is 8.87. The fourth-order valence-corrected chi connectivity index (χ4v) is 2.99. The second-order valence-corrected chi connectivity index (χ2v) is 6.04. The molecule has 0 unspecified atom stereocenters. The van der Waals surface area contributed by atoms with E-state index in [1.54, 1.807) is 31.9 Å². The lowest BCUT2D eigenvalue weighted by atomic mass is 10.1. The van der Waals surface area contributed by atoms with Crippen LogP contribution < -0.4 is 9.47 Å². The highest BCUT2D eigenvalue weighted by Crippen LogP contribution is 2.32. The number of rotatable bonds is 7. The van der Waals surface area contributed by atoms with Gasteiger partial charge in [-0.2, -0.15) is 9.50 Å².